The molecule has 0 saturated carbocycles. The van der Waals surface area contributed by atoms with Crippen LogP contribution in [0.3, 0.4) is 0 Å². The van der Waals surface area contributed by atoms with Crippen molar-refractivity contribution in [2.75, 3.05) is 26.2 Å². The minimum atomic E-state index is -3.53. The third-order valence-electron chi connectivity index (χ3n) is 4.78. The smallest absolute Gasteiger partial charge is 0.246 e. The van der Waals surface area contributed by atoms with E-state index in [0.29, 0.717) is 31.1 Å². The number of rotatable bonds is 4. The average Bonchev–Trinajstić information content (AvgIpc) is 3.04. The molecule has 144 valence electrons. The average molecular weight is 405 g/mol. The number of amides is 1. The molecule has 1 aromatic carbocycles. The maximum atomic E-state index is 12.9. The van der Waals surface area contributed by atoms with Crippen molar-refractivity contribution in [3.63, 3.8) is 0 Å². The predicted molar refractivity (Wildman–Crippen MR) is 109 cm³/mol. The molecule has 5 nitrogen and oxygen atoms in total. The van der Waals surface area contributed by atoms with Crippen LogP contribution in [0.25, 0.3) is 6.08 Å². The largest absolute Gasteiger partial charge is 0.337 e. The fourth-order valence-electron chi connectivity index (χ4n) is 3.18. The van der Waals surface area contributed by atoms with Crippen LogP contribution in [0.2, 0.25) is 0 Å². The number of carbonyl (C=O) groups excluding carboxylic acids is 1. The summed E-state index contributed by atoms with van der Waals surface area (Å²) in [5.74, 6) is -0.0774. The van der Waals surface area contributed by atoms with Crippen LogP contribution >= 0.6 is 11.3 Å². The highest BCUT2D eigenvalue weighted by Crippen LogP contribution is 2.22. The van der Waals surface area contributed by atoms with E-state index in [-0.39, 0.29) is 5.91 Å². The first kappa shape index (κ1) is 19.8. The first-order valence-electron chi connectivity index (χ1n) is 8.87. The number of hydrogen-bond acceptors (Lipinski definition) is 4. The van der Waals surface area contributed by atoms with E-state index in [4.69, 9.17) is 0 Å². The van der Waals surface area contributed by atoms with Crippen LogP contribution in [0.15, 0.2) is 40.6 Å². The van der Waals surface area contributed by atoms with Crippen molar-refractivity contribution in [1.29, 1.82) is 0 Å². The molecule has 1 fully saturated rings. The van der Waals surface area contributed by atoms with Crippen LogP contribution in [0, 0.1) is 20.8 Å². The van der Waals surface area contributed by atoms with E-state index in [1.54, 1.807) is 28.4 Å². The quantitative estimate of drug-likeness (QED) is 0.735. The lowest BCUT2D eigenvalue weighted by Gasteiger charge is -2.33. The molecule has 1 amide bonds. The second-order valence-electron chi connectivity index (χ2n) is 6.80. The molecule has 3 rings (SSSR count). The normalized spacial score (nSPS) is 16.2. The van der Waals surface area contributed by atoms with Crippen molar-refractivity contribution >= 4 is 33.3 Å². The van der Waals surface area contributed by atoms with Crippen molar-refractivity contribution < 1.29 is 13.2 Å². The molecule has 2 aromatic rings. The van der Waals surface area contributed by atoms with Crippen LogP contribution in [-0.2, 0) is 14.8 Å². The zero-order valence-corrected chi connectivity index (χ0v) is 17.4. The van der Waals surface area contributed by atoms with Gasteiger partial charge in [0.25, 0.3) is 0 Å². The first-order chi connectivity index (χ1) is 12.8. The van der Waals surface area contributed by atoms with Gasteiger partial charge in [-0.1, -0.05) is 17.7 Å². The number of piperazine rings is 1. The van der Waals surface area contributed by atoms with Gasteiger partial charge >= 0.3 is 0 Å². The molecule has 1 saturated heterocycles. The maximum Gasteiger partial charge on any atom is 0.246 e. The molecule has 0 N–H and O–H groups in total. The van der Waals surface area contributed by atoms with Crippen molar-refractivity contribution in [2.24, 2.45) is 0 Å². The van der Waals surface area contributed by atoms with E-state index < -0.39 is 10.0 Å². The molecule has 7 heteroatoms. The zero-order chi connectivity index (χ0) is 19.6. The highest BCUT2D eigenvalue weighted by Gasteiger charge is 2.30. The van der Waals surface area contributed by atoms with Crippen LogP contribution in [0.5, 0.6) is 0 Å². The SMILES string of the molecule is Cc1ccc(S(=O)(=O)N2CCN(C(=O)/C=C/c3sccc3C)CC2)c(C)c1. The lowest BCUT2D eigenvalue weighted by Crippen LogP contribution is -2.50. The van der Waals surface area contributed by atoms with Gasteiger partial charge in [0.05, 0.1) is 4.90 Å². The van der Waals surface area contributed by atoms with Gasteiger partial charge in [0.15, 0.2) is 0 Å². The van der Waals surface area contributed by atoms with Gasteiger partial charge in [0.2, 0.25) is 15.9 Å². The van der Waals surface area contributed by atoms with E-state index in [1.807, 2.05) is 50.4 Å². The van der Waals surface area contributed by atoms with Crippen LogP contribution in [0.1, 0.15) is 21.6 Å². The van der Waals surface area contributed by atoms with Gasteiger partial charge in [-0.25, -0.2) is 8.42 Å². The monoisotopic (exact) mass is 404 g/mol. The lowest BCUT2D eigenvalue weighted by atomic mass is 10.2. The Balaban J connectivity index is 1.65. The van der Waals surface area contributed by atoms with E-state index in [2.05, 4.69) is 0 Å². The van der Waals surface area contributed by atoms with Crippen molar-refractivity contribution in [2.45, 2.75) is 25.7 Å². The standard InChI is InChI=1S/C20H24N2O3S2/c1-15-4-6-19(17(3)14-15)27(24,25)22-11-9-21(10-12-22)20(23)7-5-18-16(2)8-13-26-18/h4-8,13-14H,9-12H2,1-3H3/b7-5+. The molecule has 0 radical (unpaired) electrons. The summed E-state index contributed by atoms with van der Waals surface area (Å²) in [5, 5.41) is 2.00. The Morgan fingerprint density at radius 2 is 1.74 bits per heavy atom. The summed E-state index contributed by atoms with van der Waals surface area (Å²) in [7, 11) is -3.53. The van der Waals surface area contributed by atoms with Crippen molar-refractivity contribution in [1.82, 2.24) is 9.21 Å². The summed E-state index contributed by atoms with van der Waals surface area (Å²) >= 11 is 1.60. The van der Waals surface area contributed by atoms with Gasteiger partial charge in [0.1, 0.15) is 0 Å². The summed E-state index contributed by atoms with van der Waals surface area (Å²) in [6.45, 7) is 7.20. The van der Waals surface area contributed by atoms with Crippen LogP contribution in [-0.4, -0.2) is 49.7 Å². The Bertz CT molecular complexity index is 969. The zero-order valence-electron chi connectivity index (χ0n) is 15.8. The molecule has 0 spiro atoms. The number of aryl methyl sites for hydroxylation is 3. The number of carbonyl (C=O) groups is 1. The van der Waals surface area contributed by atoms with E-state index >= 15 is 0 Å². The number of hydrogen-bond donors (Lipinski definition) is 0. The van der Waals surface area contributed by atoms with Crippen molar-refractivity contribution in [3.8, 4) is 0 Å². The summed E-state index contributed by atoms with van der Waals surface area (Å²) < 4.78 is 27.3. The van der Waals surface area contributed by atoms with E-state index in [1.165, 1.54) is 4.31 Å². The second-order valence-corrected chi connectivity index (χ2v) is 9.65. The molecule has 2 heterocycles. The first-order valence-corrected chi connectivity index (χ1v) is 11.2. The molecule has 0 bridgehead atoms. The van der Waals surface area contributed by atoms with Crippen molar-refractivity contribution in [3.05, 3.63) is 57.3 Å². The van der Waals surface area contributed by atoms with Gasteiger partial charge in [-0.15, -0.1) is 11.3 Å². The molecule has 0 atom stereocenters. The summed E-state index contributed by atoms with van der Waals surface area (Å²) in [6, 6.07) is 7.39. The molecule has 27 heavy (non-hydrogen) atoms. The van der Waals surface area contributed by atoms with Crippen LogP contribution in [0.4, 0.5) is 0 Å². The third-order valence-corrected chi connectivity index (χ3v) is 7.82. The molecule has 0 unspecified atom stereocenters. The second kappa shape index (κ2) is 7.96. The molecule has 1 aliphatic rings. The molecule has 0 aliphatic carbocycles. The number of nitrogens with zero attached hydrogens (tertiary/aromatic N) is 2. The maximum absolute atomic E-state index is 12.9. The summed E-state index contributed by atoms with van der Waals surface area (Å²) in [5.41, 5.74) is 2.94. The number of benzene rings is 1. The highest BCUT2D eigenvalue weighted by atomic mass is 32.2. The number of sulfonamides is 1. The topological polar surface area (TPSA) is 57.7 Å². The fourth-order valence-corrected chi connectivity index (χ4v) is 5.63. The molecule has 1 aliphatic heterocycles. The van der Waals surface area contributed by atoms with Crippen LogP contribution < -0.4 is 0 Å². The Morgan fingerprint density at radius 1 is 1.04 bits per heavy atom. The molecular weight excluding hydrogens is 380 g/mol. The highest BCUT2D eigenvalue weighted by molar-refractivity contribution is 7.89. The minimum absolute atomic E-state index is 0.0774. The Labute approximate surface area is 165 Å². The fraction of sp³-hybridized carbons (Fsp3) is 0.350. The van der Waals surface area contributed by atoms with E-state index in [0.717, 1.165) is 21.6 Å². The molecule has 1 aromatic heterocycles. The third kappa shape index (κ3) is 4.31. The van der Waals surface area contributed by atoms with Gasteiger partial charge in [-0.2, -0.15) is 4.31 Å². The predicted octanol–water partition coefficient (Wildman–Crippen LogP) is 3.22. The molecular formula is C20H24N2O3S2. The summed E-state index contributed by atoms with van der Waals surface area (Å²) in [6.07, 6.45) is 3.41. The van der Waals surface area contributed by atoms with Gasteiger partial charge in [-0.05, 0) is 55.5 Å². The van der Waals surface area contributed by atoms with E-state index in [9.17, 15) is 13.2 Å². The number of thiophene rings is 1. The lowest BCUT2D eigenvalue weighted by molar-refractivity contribution is -0.127. The van der Waals surface area contributed by atoms with Gasteiger partial charge in [-0.3, -0.25) is 4.79 Å². The van der Waals surface area contributed by atoms with Gasteiger partial charge < -0.3 is 4.90 Å². The van der Waals surface area contributed by atoms with Gasteiger partial charge in [0, 0.05) is 37.1 Å². The minimum Gasteiger partial charge on any atom is -0.337 e. The Hall–Kier alpha value is -1.96. The Kier molecular flexibility index (Phi) is 5.83. The summed E-state index contributed by atoms with van der Waals surface area (Å²) in [4.78, 5) is 15.5. The Morgan fingerprint density at radius 3 is 2.33 bits per heavy atom.